The lowest BCUT2D eigenvalue weighted by atomic mass is 9.96. The number of nitro groups is 1. The van der Waals surface area contributed by atoms with Gasteiger partial charge in [-0.1, -0.05) is 6.07 Å². The van der Waals surface area contributed by atoms with Crippen molar-refractivity contribution in [2.45, 2.75) is 25.9 Å². The fraction of sp³-hybridized carbons (Fsp3) is 0.185. The van der Waals surface area contributed by atoms with E-state index in [0.717, 1.165) is 28.3 Å². The van der Waals surface area contributed by atoms with Crippen LogP contribution in [0.4, 0.5) is 15.8 Å². The third-order valence-corrected chi connectivity index (χ3v) is 6.92. The lowest BCUT2D eigenvalue weighted by Crippen LogP contribution is -2.29. The third-order valence-electron chi connectivity index (χ3n) is 6.61. The summed E-state index contributed by atoms with van der Waals surface area (Å²) in [5.74, 6) is 0.172. The molecular weight excluding hydrogens is 493 g/mol. The number of nitrogens with one attached hydrogen (secondary N) is 1. The molecule has 4 aromatic rings. The molecule has 0 aliphatic carbocycles. The summed E-state index contributed by atoms with van der Waals surface area (Å²) in [5, 5.41) is 15.4. The van der Waals surface area contributed by atoms with Gasteiger partial charge in [0.2, 0.25) is 0 Å². The van der Waals surface area contributed by atoms with Crippen molar-refractivity contribution in [3.63, 3.8) is 0 Å². The van der Waals surface area contributed by atoms with Gasteiger partial charge in [-0.15, -0.1) is 0 Å². The molecule has 5 rings (SSSR count). The van der Waals surface area contributed by atoms with Gasteiger partial charge in [-0.25, -0.2) is 4.39 Å². The Bertz CT molecular complexity index is 1490. The zero-order valence-corrected chi connectivity index (χ0v) is 21.2. The van der Waals surface area contributed by atoms with E-state index in [0.29, 0.717) is 16.5 Å². The zero-order chi connectivity index (χ0) is 26.3. The number of hydrogen-bond donors (Lipinski definition) is 1. The molecule has 188 valence electrons. The van der Waals surface area contributed by atoms with Crippen LogP contribution in [-0.2, 0) is 0 Å². The Balaban J connectivity index is 1.70. The predicted octanol–water partition coefficient (Wildman–Crippen LogP) is 5.72. The highest BCUT2D eigenvalue weighted by Gasteiger charge is 2.42. The van der Waals surface area contributed by atoms with E-state index < -0.39 is 4.92 Å². The summed E-state index contributed by atoms with van der Waals surface area (Å²) >= 11 is 5.76. The molecule has 2 aromatic carbocycles. The molecule has 0 spiro atoms. The number of pyridine rings is 1. The van der Waals surface area contributed by atoms with Crippen LogP contribution in [0.5, 0.6) is 5.75 Å². The van der Waals surface area contributed by atoms with E-state index in [9.17, 15) is 14.5 Å². The third kappa shape index (κ3) is 4.29. The van der Waals surface area contributed by atoms with Gasteiger partial charge in [0.25, 0.3) is 5.69 Å². The van der Waals surface area contributed by atoms with Gasteiger partial charge in [0, 0.05) is 35.4 Å². The molecule has 2 atom stereocenters. The number of benzene rings is 2. The first-order valence-corrected chi connectivity index (χ1v) is 12.0. The molecule has 1 N–H and O–H groups in total. The Morgan fingerprint density at radius 1 is 1.11 bits per heavy atom. The second-order valence-corrected chi connectivity index (χ2v) is 9.13. The minimum absolute atomic E-state index is 0.0344. The number of aromatic nitrogens is 2. The van der Waals surface area contributed by atoms with Crippen molar-refractivity contribution < 1.29 is 14.1 Å². The average molecular weight is 518 g/mol. The number of aryl methyl sites for hydroxylation is 1. The van der Waals surface area contributed by atoms with Crippen molar-refractivity contribution in [2.75, 3.05) is 12.0 Å². The molecule has 1 aliphatic heterocycles. The van der Waals surface area contributed by atoms with Crippen molar-refractivity contribution in [3.8, 4) is 11.4 Å². The summed E-state index contributed by atoms with van der Waals surface area (Å²) in [5.41, 5.74) is 4.74. The largest absolute Gasteiger partial charge is 0.495 e. The molecule has 1 fully saturated rings. The SMILES string of the molecule is COc1ccc([N+](=O)[O-])cc1-n1c(C)cc([C@H]2[C@@H](c3ccccn3)NC(=S)N2c2ccc(F)cc2)c1C. The van der Waals surface area contributed by atoms with Gasteiger partial charge in [-0.2, -0.15) is 0 Å². The first-order valence-electron chi connectivity index (χ1n) is 11.6. The first kappa shape index (κ1) is 24.4. The number of hydrogen-bond acceptors (Lipinski definition) is 5. The molecule has 37 heavy (non-hydrogen) atoms. The van der Waals surface area contributed by atoms with Crippen molar-refractivity contribution in [1.29, 1.82) is 0 Å². The second-order valence-electron chi connectivity index (χ2n) is 8.75. The molecule has 0 radical (unpaired) electrons. The standard InChI is InChI=1S/C27H24FN5O3S/c1-16-14-21(17(2)31(16)23-15-20(33(34)35)11-12-24(23)36-3)26-25(22-6-4-5-13-29-22)30-27(37)32(26)19-9-7-18(28)8-10-19/h4-15,25-26H,1-3H3,(H,30,37)/t25-,26+/m1/s1. The molecule has 3 heterocycles. The Hall–Kier alpha value is -4.31. The fourth-order valence-corrected chi connectivity index (χ4v) is 5.32. The summed E-state index contributed by atoms with van der Waals surface area (Å²) in [6.45, 7) is 3.90. The minimum Gasteiger partial charge on any atom is -0.495 e. The second kappa shape index (κ2) is 9.62. The number of ether oxygens (including phenoxy) is 1. The molecule has 1 saturated heterocycles. The smallest absolute Gasteiger partial charge is 0.271 e. The van der Waals surface area contributed by atoms with Crippen molar-refractivity contribution >= 4 is 28.7 Å². The van der Waals surface area contributed by atoms with E-state index in [4.69, 9.17) is 17.0 Å². The number of rotatable bonds is 6. The molecule has 1 aliphatic rings. The number of thiocarbonyl (C=S) groups is 1. The van der Waals surface area contributed by atoms with Crippen LogP contribution in [0.2, 0.25) is 0 Å². The Morgan fingerprint density at radius 2 is 1.86 bits per heavy atom. The van der Waals surface area contributed by atoms with E-state index >= 15 is 0 Å². The number of nitro benzene ring substituents is 1. The topological polar surface area (TPSA) is 85.5 Å². The van der Waals surface area contributed by atoms with E-state index in [1.54, 1.807) is 24.4 Å². The van der Waals surface area contributed by atoms with Gasteiger partial charge >= 0.3 is 0 Å². The van der Waals surface area contributed by atoms with Gasteiger partial charge in [0.15, 0.2) is 5.11 Å². The van der Waals surface area contributed by atoms with Crippen LogP contribution in [-0.4, -0.2) is 26.7 Å². The van der Waals surface area contributed by atoms with Gasteiger partial charge in [0.05, 0.1) is 35.5 Å². The van der Waals surface area contributed by atoms with E-state index in [2.05, 4.69) is 10.3 Å². The van der Waals surface area contributed by atoms with Gasteiger partial charge in [0.1, 0.15) is 11.6 Å². The highest BCUT2D eigenvalue weighted by Crippen LogP contribution is 2.44. The lowest BCUT2D eigenvalue weighted by molar-refractivity contribution is -0.384. The van der Waals surface area contributed by atoms with Crippen LogP contribution >= 0.6 is 12.2 Å². The molecule has 10 heteroatoms. The Morgan fingerprint density at radius 3 is 2.51 bits per heavy atom. The summed E-state index contributed by atoms with van der Waals surface area (Å²) in [7, 11) is 1.53. The summed E-state index contributed by atoms with van der Waals surface area (Å²) in [6, 6.07) is 17.9. The highest BCUT2D eigenvalue weighted by molar-refractivity contribution is 7.80. The summed E-state index contributed by atoms with van der Waals surface area (Å²) in [4.78, 5) is 17.6. The van der Waals surface area contributed by atoms with Crippen LogP contribution in [0, 0.1) is 29.8 Å². The normalized spacial score (nSPS) is 17.1. The van der Waals surface area contributed by atoms with Crippen LogP contribution in [0.15, 0.2) is 72.9 Å². The van der Waals surface area contributed by atoms with E-state index in [1.165, 1.54) is 31.4 Å². The number of halogens is 1. The molecule has 2 aromatic heterocycles. The van der Waals surface area contributed by atoms with E-state index in [-0.39, 0.29) is 23.6 Å². The molecule has 0 bridgehead atoms. The van der Waals surface area contributed by atoms with Crippen LogP contribution in [0.3, 0.4) is 0 Å². The summed E-state index contributed by atoms with van der Waals surface area (Å²) in [6.07, 6.45) is 1.73. The average Bonchev–Trinajstić information content (AvgIpc) is 3.39. The van der Waals surface area contributed by atoms with Crippen molar-refractivity contribution in [2.24, 2.45) is 0 Å². The van der Waals surface area contributed by atoms with Crippen LogP contribution < -0.4 is 15.0 Å². The van der Waals surface area contributed by atoms with Crippen LogP contribution in [0.25, 0.3) is 5.69 Å². The van der Waals surface area contributed by atoms with Crippen molar-refractivity contribution in [1.82, 2.24) is 14.9 Å². The Kier molecular flexibility index (Phi) is 6.34. The first-order chi connectivity index (χ1) is 17.8. The molecule has 0 unspecified atom stereocenters. The lowest BCUT2D eigenvalue weighted by Gasteiger charge is -2.28. The quantitative estimate of drug-likeness (QED) is 0.199. The van der Waals surface area contributed by atoms with Crippen LogP contribution in [0.1, 0.15) is 34.7 Å². The Labute approximate surface area is 218 Å². The highest BCUT2D eigenvalue weighted by atomic mass is 32.1. The van der Waals surface area contributed by atoms with Gasteiger partial charge < -0.3 is 19.5 Å². The zero-order valence-electron chi connectivity index (χ0n) is 20.4. The number of non-ortho nitro benzene ring substituents is 1. The minimum atomic E-state index is -0.426. The molecule has 8 nitrogen and oxygen atoms in total. The predicted molar refractivity (Wildman–Crippen MR) is 143 cm³/mol. The number of nitrogens with zero attached hydrogens (tertiary/aromatic N) is 4. The maximum atomic E-state index is 13.8. The monoisotopic (exact) mass is 517 g/mol. The molecule has 0 amide bonds. The summed E-state index contributed by atoms with van der Waals surface area (Å²) < 4.78 is 21.3. The van der Waals surface area contributed by atoms with E-state index in [1.807, 2.05) is 47.6 Å². The molecular formula is C27H24FN5O3S. The van der Waals surface area contributed by atoms with Gasteiger partial charge in [-0.05, 0) is 80.2 Å². The van der Waals surface area contributed by atoms with Gasteiger partial charge in [-0.3, -0.25) is 15.1 Å². The van der Waals surface area contributed by atoms with Crippen molar-refractivity contribution in [3.05, 3.63) is 112 Å². The number of methoxy groups -OCH3 is 1. The fourth-order valence-electron chi connectivity index (χ4n) is 4.98. The molecule has 0 saturated carbocycles. The maximum Gasteiger partial charge on any atom is 0.271 e. The maximum absolute atomic E-state index is 13.8. The number of anilines is 1.